The van der Waals surface area contributed by atoms with E-state index in [1.165, 1.54) is 18.5 Å². The molecule has 1 saturated heterocycles. The summed E-state index contributed by atoms with van der Waals surface area (Å²) in [4.78, 5) is 14.0. The molecule has 0 unspecified atom stereocenters. The van der Waals surface area contributed by atoms with E-state index in [9.17, 15) is 4.79 Å². The lowest BCUT2D eigenvalue weighted by atomic mass is 10.0. The molecule has 98 valence electrons. The minimum absolute atomic E-state index is 0.218. The summed E-state index contributed by atoms with van der Waals surface area (Å²) in [7, 11) is 2.03. The molecule has 1 aliphatic rings. The van der Waals surface area contributed by atoms with Crippen molar-refractivity contribution in [3.63, 3.8) is 0 Å². The third-order valence-electron chi connectivity index (χ3n) is 3.78. The van der Waals surface area contributed by atoms with Crippen LogP contribution in [0.2, 0.25) is 0 Å². The van der Waals surface area contributed by atoms with E-state index in [2.05, 4.69) is 22.3 Å². The highest BCUT2D eigenvalue weighted by Gasteiger charge is 2.17. The number of carbonyl (C=O) groups excluding carboxylic acids is 1. The molecule has 0 aromatic heterocycles. The molecule has 1 aromatic rings. The molecule has 0 radical (unpaired) electrons. The van der Waals surface area contributed by atoms with Gasteiger partial charge in [-0.2, -0.15) is 0 Å². The molecule has 1 N–H and O–H groups in total. The van der Waals surface area contributed by atoms with Crippen molar-refractivity contribution in [3.05, 3.63) is 29.8 Å². The summed E-state index contributed by atoms with van der Waals surface area (Å²) in [6.07, 6.45) is 2.95. The minimum atomic E-state index is 0.218. The topological polar surface area (TPSA) is 32.3 Å². The van der Waals surface area contributed by atoms with Crippen molar-refractivity contribution in [1.29, 1.82) is 0 Å². The van der Waals surface area contributed by atoms with Crippen molar-refractivity contribution in [2.24, 2.45) is 0 Å². The number of nitrogens with zero attached hydrogens (tertiary/aromatic N) is 1. The summed E-state index contributed by atoms with van der Waals surface area (Å²) >= 11 is 0. The van der Waals surface area contributed by atoms with Crippen LogP contribution in [0, 0.1) is 0 Å². The lowest BCUT2D eigenvalue weighted by Gasteiger charge is -2.33. The molecular formula is C15H22N2O. The molecule has 0 saturated carbocycles. The number of nitrogens with one attached hydrogen (secondary N) is 1. The standard InChI is InChI=1S/C15H22N2O/c1-3-15(18)12-4-6-14(7-5-12)17-10-8-13(16-2)9-11-17/h4-7,13,16H,3,8-11H2,1-2H3. The van der Waals surface area contributed by atoms with E-state index in [1.807, 2.05) is 26.1 Å². The Morgan fingerprint density at radius 1 is 1.28 bits per heavy atom. The quantitative estimate of drug-likeness (QED) is 0.828. The Morgan fingerprint density at radius 3 is 2.39 bits per heavy atom. The summed E-state index contributed by atoms with van der Waals surface area (Å²) in [6.45, 7) is 4.08. The summed E-state index contributed by atoms with van der Waals surface area (Å²) in [6, 6.07) is 8.70. The van der Waals surface area contributed by atoms with Crippen LogP contribution in [0.15, 0.2) is 24.3 Å². The third kappa shape index (κ3) is 2.91. The Hall–Kier alpha value is -1.35. The molecule has 3 nitrogen and oxygen atoms in total. The summed E-state index contributed by atoms with van der Waals surface area (Å²) in [5.74, 6) is 0.218. The van der Waals surface area contributed by atoms with Crippen LogP contribution < -0.4 is 10.2 Å². The normalized spacial score (nSPS) is 16.9. The maximum atomic E-state index is 11.6. The zero-order valence-electron chi connectivity index (χ0n) is 11.3. The Balaban J connectivity index is 2.00. The zero-order chi connectivity index (χ0) is 13.0. The van der Waals surface area contributed by atoms with E-state index in [4.69, 9.17) is 0 Å². The fourth-order valence-corrected chi connectivity index (χ4v) is 2.49. The molecule has 0 spiro atoms. The van der Waals surface area contributed by atoms with Crippen molar-refractivity contribution in [2.45, 2.75) is 32.2 Å². The number of ketones is 1. The van der Waals surface area contributed by atoms with Gasteiger partial charge in [0.25, 0.3) is 0 Å². The van der Waals surface area contributed by atoms with Crippen LogP contribution in [-0.2, 0) is 0 Å². The highest BCUT2D eigenvalue weighted by atomic mass is 16.1. The molecule has 18 heavy (non-hydrogen) atoms. The average molecular weight is 246 g/mol. The minimum Gasteiger partial charge on any atom is -0.371 e. The third-order valence-corrected chi connectivity index (χ3v) is 3.78. The fourth-order valence-electron chi connectivity index (χ4n) is 2.49. The van der Waals surface area contributed by atoms with Crippen molar-refractivity contribution in [3.8, 4) is 0 Å². The molecule has 1 heterocycles. The Bertz CT molecular complexity index is 391. The predicted molar refractivity (Wildman–Crippen MR) is 75.4 cm³/mol. The van der Waals surface area contributed by atoms with Crippen molar-refractivity contribution in [1.82, 2.24) is 5.32 Å². The van der Waals surface area contributed by atoms with Gasteiger partial charge in [-0.25, -0.2) is 0 Å². The van der Waals surface area contributed by atoms with Gasteiger partial charge in [-0.15, -0.1) is 0 Å². The van der Waals surface area contributed by atoms with Gasteiger partial charge in [-0.3, -0.25) is 4.79 Å². The highest BCUT2D eigenvalue weighted by molar-refractivity contribution is 5.96. The summed E-state index contributed by atoms with van der Waals surface area (Å²) in [5.41, 5.74) is 2.06. The van der Waals surface area contributed by atoms with Crippen molar-refractivity contribution >= 4 is 11.5 Å². The molecule has 1 fully saturated rings. The van der Waals surface area contributed by atoms with Crippen molar-refractivity contribution in [2.75, 3.05) is 25.0 Å². The van der Waals surface area contributed by atoms with Crippen LogP contribution in [0.5, 0.6) is 0 Å². The lowest BCUT2D eigenvalue weighted by Crippen LogP contribution is -2.41. The van der Waals surface area contributed by atoms with Crippen LogP contribution in [0.25, 0.3) is 0 Å². The number of piperidine rings is 1. The molecule has 0 aliphatic carbocycles. The lowest BCUT2D eigenvalue weighted by molar-refractivity contribution is 0.0988. The number of rotatable bonds is 4. The monoisotopic (exact) mass is 246 g/mol. The molecule has 0 atom stereocenters. The van der Waals surface area contributed by atoms with E-state index in [0.717, 1.165) is 18.7 Å². The SMILES string of the molecule is CCC(=O)c1ccc(N2CCC(NC)CC2)cc1. The van der Waals surface area contributed by atoms with Gasteiger partial charge in [0.2, 0.25) is 0 Å². The highest BCUT2D eigenvalue weighted by Crippen LogP contribution is 2.20. The molecule has 0 bridgehead atoms. The first-order valence-electron chi connectivity index (χ1n) is 6.80. The zero-order valence-corrected chi connectivity index (χ0v) is 11.3. The summed E-state index contributed by atoms with van der Waals surface area (Å²) in [5, 5.41) is 3.34. The van der Waals surface area contributed by atoms with E-state index >= 15 is 0 Å². The first-order chi connectivity index (χ1) is 8.74. The Labute approximate surface area is 109 Å². The largest absolute Gasteiger partial charge is 0.371 e. The van der Waals surface area contributed by atoms with Gasteiger partial charge in [-0.1, -0.05) is 6.92 Å². The number of anilines is 1. The first kappa shape index (κ1) is 13.1. The molecular weight excluding hydrogens is 224 g/mol. The Morgan fingerprint density at radius 2 is 1.89 bits per heavy atom. The number of benzene rings is 1. The van der Waals surface area contributed by atoms with Crippen LogP contribution >= 0.6 is 0 Å². The molecule has 0 amide bonds. The van der Waals surface area contributed by atoms with Gasteiger partial charge in [0, 0.05) is 36.8 Å². The molecule has 2 rings (SSSR count). The smallest absolute Gasteiger partial charge is 0.162 e. The van der Waals surface area contributed by atoms with Crippen LogP contribution in [0.1, 0.15) is 36.5 Å². The van der Waals surface area contributed by atoms with Gasteiger partial charge in [0.15, 0.2) is 5.78 Å². The molecule has 3 heteroatoms. The second kappa shape index (κ2) is 6.01. The van der Waals surface area contributed by atoms with Crippen LogP contribution in [0.3, 0.4) is 0 Å². The van der Waals surface area contributed by atoms with Crippen LogP contribution in [-0.4, -0.2) is 32.0 Å². The van der Waals surface area contributed by atoms with E-state index in [-0.39, 0.29) is 5.78 Å². The number of hydrogen-bond donors (Lipinski definition) is 1. The van der Waals surface area contributed by atoms with Crippen LogP contribution in [0.4, 0.5) is 5.69 Å². The molecule has 1 aromatic carbocycles. The Kier molecular flexibility index (Phi) is 4.37. The first-order valence-corrected chi connectivity index (χ1v) is 6.80. The average Bonchev–Trinajstić information content (AvgIpc) is 2.47. The van der Waals surface area contributed by atoms with E-state index in [1.54, 1.807) is 0 Å². The maximum Gasteiger partial charge on any atom is 0.162 e. The second-order valence-corrected chi connectivity index (χ2v) is 4.87. The number of Topliss-reactive ketones (excluding diaryl/α,β-unsaturated/α-hetero) is 1. The second-order valence-electron chi connectivity index (χ2n) is 4.87. The van der Waals surface area contributed by atoms with Gasteiger partial charge in [0.05, 0.1) is 0 Å². The van der Waals surface area contributed by atoms with Gasteiger partial charge in [0.1, 0.15) is 0 Å². The fraction of sp³-hybridized carbons (Fsp3) is 0.533. The number of hydrogen-bond acceptors (Lipinski definition) is 3. The molecule has 1 aliphatic heterocycles. The van der Waals surface area contributed by atoms with E-state index in [0.29, 0.717) is 12.5 Å². The predicted octanol–water partition coefficient (Wildman–Crippen LogP) is 2.47. The summed E-state index contributed by atoms with van der Waals surface area (Å²) < 4.78 is 0. The maximum absolute atomic E-state index is 11.6. The van der Waals surface area contributed by atoms with E-state index < -0.39 is 0 Å². The van der Waals surface area contributed by atoms with Gasteiger partial charge < -0.3 is 10.2 Å². The van der Waals surface area contributed by atoms with Crippen molar-refractivity contribution < 1.29 is 4.79 Å². The van der Waals surface area contributed by atoms with Gasteiger partial charge >= 0.3 is 0 Å². The van der Waals surface area contributed by atoms with Gasteiger partial charge in [-0.05, 0) is 44.2 Å². The number of carbonyl (C=O) groups is 1.